The van der Waals surface area contributed by atoms with E-state index < -0.39 is 22.4 Å². The third-order valence-corrected chi connectivity index (χ3v) is 5.67. The zero-order chi connectivity index (χ0) is 25.6. The lowest BCUT2D eigenvalue weighted by atomic mass is 10.1. The van der Waals surface area contributed by atoms with Gasteiger partial charge in [0, 0.05) is 57.3 Å². The van der Waals surface area contributed by atoms with Crippen LogP contribution in [0.1, 0.15) is 27.9 Å². The highest BCUT2D eigenvalue weighted by Crippen LogP contribution is 2.34. The van der Waals surface area contributed by atoms with Crippen molar-refractivity contribution in [1.29, 1.82) is 0 Å². The van der Waals surface area contributed by atoms with Crippen LogP contribution >= 0.6 is 0 Å². The highest BCUT2D eigenvalue weighted by Gasteiger charge is 2.33. The van der Waals surface area contributed by atoms with Gasteiger partial charge < -0.3 is 20.4 Å². The van der Waals surface area contributed by atoms with Crippen molar-refractivity contribution in [3.05, 3.63) is 69.3 Å². The van der Waals surface area contributed by atoms with Crippen molar-refractivity contribution >= 4 is 23.2 Å². The Morgan fingerprint density at radius 2 is 1.71 bits per heavy atom. The average Bonchev–Trinajstić information content (AvgIpc) is 2.82. The van der Waals surface area contributed by atoms with Gasteiger partial charge in [-0.3, -0.25) is 19.7 Å². The Hall–Kier alpha value is -3.67. The van der Waals surface area contributed by atoms with Crippen LogP contribution in [0.5, 0.6) is 0 Å². The van der Waals surface area contributed by atoms with E-state index in [0.717, 1.165) is 30.8 Å². The zero-order valence-corrected chi connectivity index (χ0v) is 19.1. The molecule has 0 atom stereocenters. The highest BCUT2D eigenvalue weighted by molar-refractivity contribution is 5.94. The van der Waals surface area contributed by atoms with Gasteiger partial charge in [-0.25, -0.2) is 0 Å². The molecule has 1 aliphatic rings. The number of piperazine rings is 1. The molecular formula is C23H26F3N5O4. The largest absolute Gasteiger partial charge is 0.416 e. The quantitative estimate of drug-likeness (QED) is 0.432. The second-order valence-electron chi connectivity index (χ2n) is 8.23. The first-order valence-corrected chi connectivity index (χ1v) is 11.0. The lowest BCUT2D eigenvalue weighted by Gasteiger charge is -2.32. The Balaban J connectivity index is 1.46. The molecule has 2 N–H and O–H groups in total. The van der Waals surface area contributed by atoms with Crippen molar-refractivity contribution in [3.63, 3.8) is 0 Å². The molecule has 9 nitrogen and oxygen atoms in total. The summed E-state index contributed by atoms with van der Waals surface area (Å²) in [5.74, 6) is -0.373. The Morgan fingerprint density at radius 3 is 2.31 bits per heavy atom. The summed E-state index contributed by atoms with van der Waals surface area (Å²) in [4.78, 5) is 38.9. The van der Waals surface area contributed by atoms with E-state index in [4.69, 9.17) is 0 Å². The van der Waals surface area contributed by atoms with Gasteiger partial charge in [-0.2, -0.15) is 13.2 Å². The zero-order valence-electron chi connectivity index (χ0n) is 19.1. The van der Waals surface area contributed by atoms with Crippen LogP contribution in [0.3, 0.4) is 0 Å². The second kappa shape index (κ2) is 11.2. The molecule has 1 aliphatic heterocycles. The fourth-order valence-electron chi connectivity index (χ4n) is 3.57. The molecule has 1 fully saturated rings. The predicted octanol–water partition coefficient (Wildman–Crippen LogP) is 3.12. The van der Waals surface area contributed by atoms with Crippen LogP contribution in [-0.2, 0) is 17.5 Å². The Bertz CT molecular complexity index is 1070. The molecule has 2 amide bonds. The van der Waals surface area contributed by atoms with Crippen molar-refractivity contribution in [2.75, 3.05) is 45.1 Å². The lowest BCUT2D eigenvalue weighted by molar-refractivity contribution is -0.384. The van der Waals surface area contributed by atoms with Crippen LogP contribution in [0.2, 0.25) is 0 Å². The predicted molar refractivity (Wildman–Crippen MR) is 123 cm³/mol. The maximum absolute atomic E-state index is 12.8. The number of amides is 2. The fourth-order valence-corrected chi connectivity index (χ4v) is 3.57. The maximum atomic E-state index is 12.8. The van der Waals surface area contributed by atoms with E-state index in [0.29, 0.717) is 24.7 Å². The van der Waals surface area contributed by atoms with Gasteiger partial charge in [-0.15, -0.1) is 0 Å². The van der Waals surface area contributed by atoms with E-state index in [1.54, 1.807) is 24.3 Å². The molecule has 2 aromatic rings. The van der Waals surface area contributed by atoms with Gasteiger partial charge >= 0.3 is 6.18 Å². The molecule has 1 heterocycles. The van der Waals surface area contributed by atoms with Gasteiger partial charge in [0.2, 0.25) is 5.91 Å². The van der Waals surface area contributed by atoms with Gasteiger partial charge in [0.15, 0.2) is 0 Å². The number of alkyl halides is 3. The Labute approximate surface area is 200 Å². The molecule has 12 heteroatoms. The van der Waals surface area contributed by atoms with Crippen molar-refractivity contribution in [3.8, 4) is 0 Å². The number of nitrogens with zero attached hydrogens (tertiary/aromatic N) is 3. The van der Waals surface area contributed by atoms with Gasteiger partial charge in [-0.1, -0.05) is 12.1 Å². The van der Waals surface area contributed by atoms with E-state index in [2.05, 4.69) is 15.5 Å². The summed E-state index contributed by atoms with van der Waals surface area (Å²) in [5.41, 5.74) is -0.571. The van der Waals surface area contributed by atoms with Crippen molar-refractivity contribution in [2.24, 2.45) is 0 Å². The van der Waals surface area contributed by atoms with Crippen LogP contribution in [-0.4, -0.2) is 66.3 Å². The first-order chi connectivity index (χ1) is 16.5. The number of nitro groups is 1. The normalized spacial score (nSPS) is 14.5. The second-order valence-corrected chi connectivity index (χ2v) is 8.23. The van der Waals surface area contributed by atoms with Crippen molar-refractivity contribution in [2.45, 2.75) is 19.1 Å². The minimum absolute atomic E-state index is 0.00347. The number of carbonyl (C=O) groups is 2. The molecule has 0 bridgehead atoms. The number of carbonyl (C=O) groups excluding carboxylic acids is 2. The van der Waals surface area contributed by atoms with Crippen molar-refractivity contribution < 1.29 is 27.7 Å². The summed E-state index contributed by atoms with van der Waals surface area (Å²) in [7, 11) is 2.01. The van der Waals surface area contributed by atoms with E-state index >= 15 is 0 Å². The van der Waals surface area contributed by atoms with Crippen LogP contribution in [0.4, 0.5) is 24.5 Å². The molecule has 188 valence electrons. The monoisotopic (exact) mass is 493 g/mol. The molecule has 0 aromatic heterocycles. The van der Waals surface area contributed by atoms with E-state index in [1.165, 1.54) is 0 Å². The minimum Gasteiger partial charge on any atom is -0.379 e. The smallest absolute Gasteiger partial charge is 0.379 e. The Morgan fingerprint density at radius 1 is 1.06 bits per heavy atom. The fraction of sp³-hybridized carbons (Fsp3) is 0.391. The lowest BCUT2D eigenvalue weighted by Crippen LogP contribution is -2.47. The summed E-state index contributed by atoms with van der Waals surface area (Å²) in [6.07, 6.45) is -4.74. The standard InChI is InChI=1S/C23H26F3N5O4/c1-29-10-12-30(13-11-29)22(33)17-4-2-16(3-5-17)15-28-21(32)8-9-27-19-7-6-18(23(24,25)26)14-20(19)31(34)35/h2-7,14,27H,8-13,15H2,1H3,(H,28,32). The third-order valence-electron chi connectivity index (χ3n) is 5.67. The molecule has 0 radical (unpaired) electrons. The number of benzene rings is 2. The van der Waals surface area contributed by atoms with E-state index in [1.807, 2.05) is 11.9 Å². The molecule has 0 unspecified atom stereocenters. The first-order valence-electron chi connectivity index (χ1n) is 11.0. The summed E-state index contributed by atoms with van der Waals surface area (Å²) in [6, 6.07) is 9.12. The van der Waals surface area contributed by atoms with Crippen LogP contribution in [0.15, 0.2) is 42.5 Å². The number of anilines is 1. The number of nitrogens with one attached hydrogen (secondary N) is 2. The maximum Gasteiger partial charge on any atom is 0.416 e. The third kappa shape index (κ3) is 7.15. The van der Waals surface area contributed by atoms with Gasteiger partial charge in [-0.05, 0) is 36.9 Å². The molecular weight excluding hydrogens is 467 g/mol. The highest BCUT2D eigenvalue weighted by atomic mass is 19.4. The Kier molecular flexibility index (Phi) is 8.28. The van der Waals surface area contributed by atoms with Crippen LogP contribution < -0.4 is 10.6 Å². The molecule has 2 aromatic carbocycles. The van der Waals surface area contributed by atoms with Gasteiger partial charge in [0.25, 0.3) is 11.6 Å². The van der Waals surface area contributed by atoms with Crippen LogP contribution in [0, 0.1) is 10.1 Å². The number of rotatable bonds is 8. The van der Waals surface area contributed by atoms with E-state index in [-0.39, 0.29) is 37.0 Å². The molecule has 35 heavy (non-hydrogen) atoms. The van der Waals surface area contributed by atoms with Gasteiger partial charge in [0.1, 0.15) is 5.69 Å². The average molecular weight is 493 g/mol. The topological polar surface area (TPSA) is 108 Å². The van der Waals surface area contributed by atoms with Gasteiger partial charge in [0.05, 0.1) is 10.5 Å². The van der Waals surface area contributed by atoms with Crippen molar-refractivity contribution in [1.82, 2.24) is 15.1 Å². The summed E-state index contributed by atoms with van der Waals surface area (Å²) < 4.78 is 38.4. The molecule has 3 rings (SSSR count). The summed E-state index contributed by atoms with van der Waals surface area (Å²) >= 11 is 0. The molecule has 0 aliphatic carbocycles. The number of hydrogen-bond acceptors (Lipinski definition) is 6. The first kappa shape index (κ1) is 25.9. The van der Waals surface area contributed by atoms with Crippen LogP contribution in [0.25, 0.3) is 0 Å². The number of likely N-dealkylation sites (N-methyl/N-ethyl adjacent to an activating group) is 1. The molecule has 0 saturated carbocycles. The number of hydrogen-bond donors (Lipinski definition) is 2. The number of halogens is 3. The number of nitro benzene ring substituents is 1. The summed E-state index contributed by atoms with van der Waals surface area (Å²) in [5, 5.41) is 16.5. The summed E-state index contributed by atoms with van der Waals surface area (Å²) in [6.45, 7) is 3.24. The molecule has 0 spiro atoms. The van der Waals surface area contributed by atoms with E-state index in [9.17, 15) is 32.9 Å². The SMILES string of the molecule is CN1CCN(C(=O)c2ccc(CNC(=O)CCNc3ccc(C(F)(F)F)cc3[N+](=O)[O-])cc2)CC1. The molecule has 1 saturated heterocycles. The minimum atomic E-state index is -4.70.